The first-order chi connectivity index (χ1) is 13.3. The molecule has 0 spiro atoms. The summed E-state index contributed by atoms with van der Waals surface area (Å²) in [4.78, 5) is 38.1. The van der Waals surface area contributed by atoms with Gasteiger partial charge >= 0.3 is 0 Å². The van der Waals surface area contributed by atoms with E-state index in [1.54, 1.807) is 30.9 Å². The summed E-state index contributed by atoms with van der Waals surface area (Å²) >= 11 is 0. The molecule has 0 aromatic heterocycles. The molecule has 2 N–H and O–H groups in total. The molecule has 1 heterocycles. The van der Waals surface area contributed by atoms with Crippen LogP contribution in [0.15, 0.2) is 46.8 Å². The summed E-state index contributed by atoms with van der Waals surface area (Å²) in [5, 5.41) is 16.8. The third kappa shape index (κ3) is 3.90. The number of carbonyl (C=O) groups is 2. The molecule has 1 aliphatic heterocycles. The van der Waals surface area contributed by atoms with E-state index < -0.39 is 10.8 Å². The number of rotatable bonds is 6. The summed E-state index contributed by atoms with van der Waals surface area (Å²) in [7, 11) is 1.53. The second kappa shape index (κ2) is 8.69. The number of non-ortho nitro benzene ring substituents is 1. The summed E-state index contributed by atoms with van der Waals surface area (Å²) in [6, 6.07) is 5.99. The predicted octanol–water partition coefficient (Wildman–Crippen LogP) is 2.44. The largest absolute Gasteiger partial charge is 0.362 e. The van der Waals surface area contributed by atoms with Crippen LogP contribution in [-0.2, 0) is 9.59 Å². The van der Waals surface area contributed by atoms with Crippen LogP contribution in [-0.4, -0.2) is 41.8 Å². The first-order valence-corrected chi connectivity index (χ1v) is 9.20. The molecule has 2 amide bonds. The van der Waals surface area contributed by atoms with Gasteiger partial charge in [-0.25, -0.2) is 0 Å². The van der Waals surface area contributed by atoms with E-state index in [-0.39, 0.29) is 17.5 Å². The number of nitrogens with zero attached hydrogens (tertiary/aromatic N) is 2. The first-order valence-electron chi connectivity index (χ1n) is 9.20. The zero-order chi connectivity index (χ0) is 21.0. The van der Waals surface area contributed by atoms with Gasteiger partial charge in [0.15, 0.2) is 0 Å². The van der Waals surface area contributed by atoms with E-state index in [0.717, 1.165) is 0 Å². The molecule has 1 aliphatic rings. The maximum Gasteiger partial charge on any atom is 0.269 e. The molecule has 150 valence electrons. The summed E-state index contributed by atoms with van der Waals surface area (Å²) in [6.45, 7) is 8.46. The van der Waals surface area contributed by atoms with E-state index >= 15 is 0 Å². The van der Waals surface area contributed by atoms with Crippen molar-refractivity contribution in [2.75, 3.05) is 20.1 Å². The van der Waals surface area contributed by atoms with Crippen molar-refractivity contribution in [3.8, 4) is 0 Å². The van der Waals surface area contributed by atoms with E-state index in [1.165, 1.54) is 19.2 Å². The van der Waals surface area contributed by atoms with Gasteiger partial charge in [0.1, 0.15) is 0 Å². The van der Waals surface area contributed by atoms with Crippen LogP contribution in [0.2, 0.25) is 0 Å². The van der Waals surface area contributed by atoms with Crippen LogP contribution in [0.25, 0.3) is 0 Å². The van der Waals surface area contributed by atoms with Gasteiger partial charge in [0.2, 0.25) is 5.91 Å². The number of amides is 2. The van der Waals surface area contributed by atoms with Crippen LogP contribution in [0.5, 0.6) is 0 Å². The fourth-order valence-corrected chi connectivity index (χ4v) is 3.52. The molecule has 0 radical (unpaired) electrons. The van der Waals surface area contributed by atoms with Crippen LogP contribution in [0.4, 0.5) is 5.69 Å². The van der Waals surface area contributed by atoms with Crippen molar-refractivity contribution < 1.29 is 14.5 Å². The molecule has 1 atom stereocenters. The van der Waals surface area contributed by atoms with Gasteiger partial charge in [0.25, 0.3) is 11.6 Å². The number of hydrogen-bond donors (Lipinski definition) is 2. The Morgan fingerprint density at radius 1 is 1.11 bits per heavy atom. The van der Waals surface area contributed by atoms with E-state index in [4.69, 9.17) is 0 Å². The lowest BCUT2D eigenvalue weighted by molar-refractivity contribution is -0.384. The second-order valence-electron chi connectivity index (χ2n) is 6.54. The topological polar surface area (TPSA) is 105 Å². The fraction of sp³-hybridized carbons (Fsp3) is 0.400. The molecule has 0 fully saturated rings. The number of hydrogen-bond acceptors (Lipinski definition) is 5. The van der Waals surface area contributed by atoms with Gasteiger partial charge in [-0.3, -0.25) is 19.7 Å². The Balaban J connectivity index is 2.67. The van der Waals surface area contributed by atoms with Gasteiger partial charge in [-0.05, 0) is 33.3 Å². The van der Waals surface area contributed by atoms with Crippen molar-refractivity contribution in [3.05, 3.63) is 62.5 Å². The molecule has 1 unspecified atom stereocenters. The van der Waals surface area contributed by atoms with Crippen LogP contribution >= 0.6 is 0 Å². The molecule has 2 rings (SSSR count). The summed E-state index contributed by atoms with van der Waals surface area (Å²) < 4.78 is 0. The number of likely N-dealkylation sites (N-methyl/N-ethyl adjacent to an activating group) is 2. The summed E-state index contributed by atoms with van der Waals surface area (Å²) in [5.74, 6) is -1.08. The SMILES string of the molecule is CCN(CC)C(=O)C1=C(C)NC(C)=C(C(=O)NC)C1c1ccc([N+](=O)[O-])cc1. The Morgan fingerprint density at radius 2 is 1.64 bits per heavy atom. The van der Waals surface area contributed by atoms with Crippen molar-refractivity contribution in [2.45, 2.75) is 33.6 Å². The summed E-state index contributed by atoms with van der Waals surface area (Å²) in [6.07, 6.45) is 0. The predicted molar refractivity (Wildman–Crippen MR) is 106 cm³/mol. The monoisotopic (exact) mass is 386 g/mol. The maximum absolute atomic E-state index is 13.3. The van der Waals surface area contributed by atoms with Gasteiger partial charge in [0, 0.05) is 60.7 Å². The minimum absolute atomic E-state index is 0.0443. The van der Waals surface area contributed by atoms with Gasteiger partial charge in [-0.15, -0.1) is 0 Å². The van der Waals surface area contributed by atoms with Crippen molar-refractivity contribution in [2.24, 2.45) is 0 Å². The minimum atomic E-state index is -0.616. The number of nitro benzene ring substituents is 1. The molecule has 8 heteroatoms. The average molecular weight is 386 g/mol. The van der Waals surface area contributed by atoms with Crippen molar-refractivity contribution in [3.63, 3.8) is 0 Å². The second-order valence-corrected chi connectivity index (χ2v) is 6.54. The molecule has 0 saturated carbocycles. The number of allylic oxidation sites excluding steroid dienone is 2. The number of dihydropyridines is 1. The van der Waals surface area contributed by atoms with Crippen molar-refractivity contribution in [1.29, 1.82) is 0 Å². The average Bonchev–Trinajstić information content (AvgIpc) is 2.67. The zero-order valence-electron chi connectivity index (χ0n) is 16.8. The van der Waals surface area contributed by atoms with Crippen LogP contribution in [0.1, 0.15) is 39.2 Å². The van der Waals surface area contributed by atoms with Crippen LogP contribution in [0.3, 0.4) is 0 Å². The smallest absolute Gasteiger partial charge is 0.269 e. The number of nitro groups is 1. The van der Waals surface area contributed by atoms with E-state index in [9.17, 15) is 19.7 Å². The Labute approximate surface area is 164 Å². The first kappa shape index (κ1) is 21.1. The highest BCUT2D eigenvalue weighted by Gasteiger charge is 2.37. The Hall–Kier alpha value is -3.16. The van der Waals surface area contributed by atoms with E-state index in [2.05, 4.69) is 10.6 Å². The minimum Gasteiger partial charge on any atom is -0.362 e. The normalized spacial score (nSPS) is 16.5. The van der Waals surface area contributed by atoms with Gasteiger partial charge in [-0.1, -0.05) is 12.1 Å². The highest BCUT2D eigenvalue weighted by molar-refractivity contribution is 6.03. The van der Waals surface area contributed by atoms with Gasteiger partial charge in [-0.2, -0.15) is 0 Å². The third-order valence-electron chi connectivity index (χ3n) is 4.95. The molecule has 1 aromatic carbocycles. The van der Waals surface area contributed by atoms with Crippen LogP contribution in [0, 0.1) is 10.1 Å². The molecular weight excluding hydrogens is 360 g/mol. The molecule has 8 nitrogen and oxygen atoms in total. The lowest BCUT2D eigenvalue weighted by Crippen LogP contribution is -2.40. The highest BCUT2D eigenvalue weighted by Crippen LogP contribution is 2.39. The third-order valence-corrected chi connectivity index (χ3v) is 4.95. The highest BCUT2D eigenvalue weighted by atomic mass is 16.6. The maximum atomic E-state index is 13.3. The quantitative estimate of drug-likeness (QED) is 0.577. The Morgan fingerprint density at radius 3 is 2.11 bits per heavy atom. The van der Waals surface area contributed by atoms with Crippen LogP contribution < -0.4 is 10.6 Å². The van der Waals surface area contributed by atoms with Gasteiger partial charge < -0.3 is 15.5 Å². The molecule has 1 aromatic rings. The lowest BCUT2D eigenvalue weighted by Gasteiger charge is -2.33. The van der Waals surface area contributed by atoms with Crippen molar-refractivity contribution in [1.82, 2.24) is 15.5 Å². The van der Waals surface area contributed by atoms with Crippen molar-refractivity contribution >= 4 is 17.5 Å². The van der Waals surface area contributed by atoms with E-state index in [1.807, 2.05) is 13.8 Å². The molecule has 0 bridgehead atoms. The lowest BCUT2D eigenvalue weighted by atomic mass is 9.79. The Bertz CT molecular complexity index is 851. The van der Waals surface area contributed by atoms with Gasteiger partial charge in [0.05, 0.1) is 4.92 Å². The number of benzene rings is 1. The Kier molecular flexibility index (Phi) is 6.56. The van der Waals surface area contributed by atoms with E-state index in [0.29, 0.717) is 41.2 Å². The molecule has 0 aliphatic carbocycles. The standard InChI is InChI=1S/C20H26N4O4/c1-6-23(7-2)20(26)17-13(4)22-12(3)16(19(25)21-5)18(17)14-8-10-15(11-9-14)24(27)28/h8-11,18,22H,6-7H2,1-5H3,(H,21,25). The zero-order valence-corrected chi connectivity index (χ0v) is 16.8. The molecular formula is C20H26N4O4. The number of carbonyl (C=O) groups excluding carboxylic acids is 2. The summed E-state index contributed by atoms with van der Waals surface area (Å²) in [5.41, 5.74) is 2.83. The molecule has 0 saturated heterocycles. The fourth-order valence-electron chi connectivity index (χ4n) is 3.52. The molecule has 28 heavy (non-hydrogen) atoms. The number of nitrogens with one attached hydrogen (secondary N) is 2.